The molecule has 0 aliphatic carbocycles. The van der Waals surface area contributed by atoms with E-state index in [2.05, 4.69) is 36.3 Å². The van der Waals surface area contributed by atoms with Crippen LogP contribution in [0, 0.1) is 13.8 Å². The van der Waals surface area contributed by atoms with E-state index < -0.39 is 0 Å². The number of rotatable bonds is 5. The normalized spacial score (nSPS) is 10.9. The monoisotopic (exact) mass is 260 g/mol. The van der Waals surface area contributed by atoms with Crippen LogP contribution in [0.5, 0.6) is 0 Å². The minimum atomic E-state index is 0.0175. The highest BCUT2D eigenvalue weighted by atomic mass is 16.5. The molecule has 0 aliphatic rings. The molecule has 2 rings (SSSR count). The number of nitrogens with one attached hydrogen (secondary N) is 2. The molecule has 0 spiro atoms. The number of amides is 1. The zero-order valence-corrected chi connectivity index (χ0v) is 11.7. The molecule has 102 valence electrons. The summed E-state index contributed by atoms with van der Waals surface area (Å²) in [5.74, 6) is 0.0175. The first-order chi connectivity index (χ1) is 9.11. The Morgan fingerprint density at radius 1 is 1.37 bits per heavy atom. The number of aromatic amines is 1. The maximum atomic E-state index is 11.5. The molecule has 2 N–H and O–H groups in total. The average molecular weight is 260 g/mol. The highest BCUT2D eigenvalue weighted by Gasteiger charge is 2.06. The Morgan fingerprint density at radius 2 is 2.16 bits per heavy atom. The van der Waals surface area contributed by atoms with Gasteiger partial charge in [0.05, 0.1) is 6.61 Å². The summed E-state index contributed by atoms with van der Waals surface area (Å²) in [5.41, 5.74) is 4.71. The molecule has 0 saturated carbocycles. The van der Waals surface area contributed by atoms with E-state index in [1.165, 1.54) is 16.6 Å². The molecule has 1 heterocycles. The maximum absolute atomic E-state index is 11.5. The van der Waals surface area contributed by atoms with Crippen LogP contribution in [0.15, 0.2) is 18.2 Å². The average Bonchev–Trinajstić information content (AvgIpc) is 2.69. The molecule has 2 aromatic rings. The molecule has 0 unspecified atom stereocenters. The van der Waals surface area contributed by atoms with Crippen molar-refractivity contribution in [2.45, 2.75) is 26.8 Å². The first kappa shape index (κ1) is 13.6. The molecule has 19 heavy (non-hydrogen) atoms. The molecule has 1 amide bonds. The summed E-state index contributed by atoms with van der Waals surface area (Å²) in [6, 6.07) is 6.23. The number of hydrogen-bond acceptors (Lipinski definition) is 2. The fourth-order valence-electron chi connectivity index (χ4n) is 2.10. The third kappa shape index (κ3) is 3.15. The van der Waals surface area contributed by atoms with E-state index >= 15 is 0 Å². The summed E-state index contributed by atoms with van der Waals surface area (Å²) in [7, 11) is 1.60. The number of methoxy groups -OCH3 is 1. The van der Waals surface area contributed by atoms with Crippen molar-refractivity contribution in [2.75, 3.05) is 13.7 Å². The number of hydrogen-bond donors (Lipinski definition) is 2. The van der Waals surface area contributed by atoms with Crippen molar-refractivity contribution >= 4 is 16.8 Å². The summed E-state index contributed by atoms with van der Waals surface area (Å²) < 4.78 is 4.88. The summed E-state index contributed by atoms with van der Waals surface area (Å²) >= 11 is 0. The van der Waals surface area contributed by atoms with Crippen molar-refractivity contribution in [3.63, 3.8) is 0 Å². The fraction of sp³-hybridized carbons (Fsp3) is 0.400. The Bertz CT molecular complexity index is 587. The van der Waals surface area contributed by atoms with Crippen LogP contribution in [0.25, 0.3) is 10.9 Å². The largest absolute Gasteiger partial charge is 0.384 e. The number of ether oxygens (including phenoxy) is 1. The van der Waals surface area contributed by atoms with Crippen molar-refractivity contribution in [3.8, 4) is 0 Å². The predicted octanol–water partition coefficient (Wildman–Crippen LogP) is 2.44. The SMILES string of the molecule is COCCC(=O)NCc1ccc2[nH]c(C)c(C)c2c1. The Hall–Kier alpha value is -1.81. The second-order valence-corrected chi connectivity index (χ2v) is 4.77. The molecular formula is C15H20N2O2. The zero-order valence-electron chi connectivity index (χ0n) is 11.7. The van der Waals surface area contributed by atoms with E-state index in [9.17, 15) is 4.79 Å². The van der Waals surface area contributed by atoms with Gasteiger partial charge in [0.15, 0.2) is 0 Å². The summed E-state index contributed by atoms with van der Waals surface area (Å²) in [4.78, 5) is 14.9. The lowest BCUT2D eigenvalue weighted by Crippen LogP contribution is -2.23. The minimum absolute atomic E-state index is 0.0175. The van der Waals surface area contributed by atoms with Gasteiger partial charge in [-0.2, -0.15) is 0 Å². The van der Waals surface area contributed by atoms with Gasteiger partial charge in [-0.3, -0.25) is 4.79 Å². The number of aromatic nitrogens is 1. The lowest BCUT2D eigenvalue weighted by Gasteiger charge is -2.05. The summed E-state index contributed by atoms with van der Waals surface area (Å²) in [6.07, 6.45) is 0.404. The van der Waals surface area contributed by atoms with Crippen molar-refractivity contribution < 1.29 is 9.53 Å². The first-order valence-corrected chi connectivity index (χ1v) is 6.45. The number of H-pyrrole nitrogens is 1. The lowest BCUT2D eigenvalue weighted by atomic mass is 10.1. The minimum Gasteiger partial charge on any atom is -0.384 e. The van der Waals surface area contributed by atoms with Crippen molar-refractivity contribution in [3.05, 3.63) is 35.0 Å². The third-order valence-electron chi connectivity index (χ3n) is 3.40. The van der Waals surface area contributed by atoms with Crippen LogP contribution < -0.4 is 5.32 Å². The van der Waals surface area contributed by atoms with Crippen LogP contribution >= 0.6 is 0 Å². The van der Waals surface area contributed by atoms with Crippen LogP contribution in [0.4, 0.5) is 0 Å². The molecule has 0 aliphatic heterocycles. The zero-order chi connectivity index (χ0) is 13.8. The van der Waals surface area contributed by atoms with Gasteiger partial charge in [-0.15, -0.1) is 0 Å². The van der Waals surface area contributed by atoms with E-state index in [-0.39, 0.29) is 5.91 Å². The molecule has 0 atom stereocenters. The molecule has 1 aromatic heterocycles. The van der Waals surface area contributed by atoms with Gasteiger partial charge < -0.3 is 15.0 Å². The molecular weight excluding hydrogens is 240 g/mol. The highest BCUT2D eigenvalue weighted by Crippen LogP contribution is 2.22. The number of aryl methyl sites for hydroxylation is 2. The van der Waals surface area contributed by atoms with Gasteiger partial charge in [0.25, 0.3) is 0 Å². The van der Waals surface area contributed by atoms with Gasteiger partial charge in [-0.1, -0.05) is 6.07 Å². The molecule has 0 fully saturated rings. The first-order valence-electron chi connectivity index (χ1n) is 6.45. The van der Waals surface area contributed by atoms with Gasteiger partial charge in [0.2, 0.25) is 5.91 Å². The van der Waals surface area contributed by atoms with Gasteiger partial charge in [0, 0.05) is 36.7 Å². The summed E-state index contributed by atoms with van der Waals surface area (Å²) in [6.45, 7) is 5.19. The van der Waals surface area contributed by atoms with E-state index in [0.29, 0.717) is 19.6 Å². The highest BCUT2D eigenvalue weighted by molar-refractivity contribution is 5.85. The number of fused-ring (bicyclic) bond motifs is 1. The number of carbonyl (C=O) groups excluding carboxylic acids is 1. The Balaban J connectivity index is 2.05. The Morgan fingerprint density at radius 3 is 2.89 bits per heavy atom. The molecule has 0 bridgehead atoms. The molecule has 4 nitrogen and oxygen atoms in total. The fourth-order valence-corrected chi connectivity index (χ4v) is 2.10. The van der Waals surface area contributed by atoms with Crippen LogP contribution in [0.1, 0.15) is 23.2 Å². The van der Waals surface area contributed by atoms with E-state index in [0.717, 1.165) is 11.1 Å². The van der Waals surface area contributed by atoms with Gasteiger partial charge in [-0.25, -0.2) is 0 Å². The lowest BCUT2D eigenvalue weighted by molar-refractivity contribution is -0.122. The van der Waals surface area contributed by atoms with Crippen LogP contribution in [0.3, 0.4) is 0 Å². The van der Waals surface area contributed by atoms with E-state index in [1.807, 2.05) is 6.07 Å². The van der Waals surface area contributed by atoms with Crippen molar-refractivity contribution in [2.24, 2.45) is 0 Å². The molecule has 0 saturated heterocycles. The number of benzene rings is 1. The quantitative estimate of drug-likeness (QED) is 0.867. The second kappa shape index (κ2) is 5.89. The molecule has 4 heteroatoms. The third-order valence-corrected chi connectivity index (χ3v) is 3.40. The molecule has 1 aromatic carbocycles. The second-order valence-electron chi connectivity index (χ2n) is 4.77. The standard InChI is InChI=1S/C15H20N2O2/c1-10-11(2)17-14-5-4-12(8-13(10)14)9-16-15(18)6-7-19-3/h4-5,8,17H,6-7,9H2,1-3H3,(H,16,18). The van der Waals surface area contributed by atoms with Gasteiger partial charge in [-0.05, 0) is 37.1 Å². The van der Waals surface area contributed by atoms with Crippen LogP contribution in [-0.4, -0.2) is 24.6 Å². The maximum Gasteiger partial charge on any atom is 0.222 e. The molecule has 0 radical (unpaired) electrons. The Labute approximate surface area is 113 Å². The Kier molecular flexibility index (Phi) is 4.22. The summed E-state index contributed by atoms with van der Waals surface area (Å²) in [5, 5.41) is 4.12. The van der Waals surface area contributed by atoms with E-state index in [4.69, 9.17) is 4.74 Å². The topological polar surface area (TPSA) is 54.1 Å². The number of carbonyl (C=O) groups is 1. The van der Waals surface area contributed by atoms with Crippen LogP contribution in [0.2, 0.25) is 0 Å². The van der Waals surface area contributed by atoms with Crippen molar-refractivity contribution in [1.29, 1.82) is 0 Å². The van der Waals surface area contributed by atoms with E-state index in [1.54, 1.807) is 7.11 Å². The predicted molar refractivity (Wildman–Crippen MR) is 76.1 cm³/mol. The van der Waals surface area contributed by atoms with Crippen molar-refractivity contribution in [1.82, 2.24) is 10.3 Å². The van der Waals surface area contributed by atoms with Gasteiger partial charge >= 0.3 is 0 Å². The van der Waals surface area contributed by atoms with Crippen LogP contribution in [-0.2, 0) is 16.1 Å². The smallest absolute Gasteiger partial charge is 0.222 e. The van der Waals surface area contributed by atoms with Gasteiger partial charge in [0.1, 0.15) is 0 Å².